The second kappa shape index (κ2) is 7.85. The Balaban J connectivity index is 2.52. The minimum absolute atomic E-state index is 0.0764. The lowest BCUT2D eigenvalue weighted by Crippen LogP contribution is -2.50. The molecule has 0 unspecified atom stereocenters. The highest BCUT2D eigenvalue weighted by Crippen LogP contribution is 2.28. The molecule has 0 aromatic rings. The van der Waals surface area contributed by atoms with E-state index in [1.807, 2.05) is 6.92 Å². The predicted molar refractivity (Wildman–Crippen MR) is 75.5 cm³/mol. The van der Waals surface area contributed by atoms with Crippen LogP contribution in [0.15, 0.2) is 0 Å². The summed E-state index contributed by atoms with van der Waals surface area (Å²) in [6.45, 7) is 2.90. The zero-order valence-electron chi connectivity index (χ0n) is 12.2. The molecule has 1 fully saturated rings. The van der Waals surface area contributed by atoms with E-state index in [2.05, 4.69) is 11.4 Å². The lowest BCUT2D eigenvalue weighted by molar-refractivity contribution is -0.124. The summed E-state index contributed by atoms with van der Waals surface area (Å²) in [4.78, 5) is 24.8. The number of hydrogen-bond acceptors (Lipinski definition) is 4. The number of nitrogens with one attached hydrogen (secondary N) is 1. The summed E-state index contributed by atoms with van der Waals surface area (Å²) in [7, 11) is 0. The van der Waals surface area contributed by atoms with Crippen LogP contribution in [0.25, 0.3) is 0 Å². The number of rotatable bonds is 8. The Morgan fingerprint density at radius 2 is 2.00 bits per heavy atom. The van der Waals surface area contributed by atoms with Crippen molar-refractivity contribution >= 4 is 11.8 Å². The molecule has 6 nitrogen and oxygen atoms in total. The van der Waals surface area contributed by atoms with Gasteiger partial charge in [0.1, 0.15) is 5.54 Å². The lowest BCUT2D eigenvalue weighted by atomic mass is 10.00. The van der Waals surface area contributed by atoms with Gasteiger partial charge in [-0.25, -0.2) is 0 Å². The van der Waals surface area contributed by atoms with Crippen molar-refractivity contribution in [3.63, 3.8) is 0 Å². The number of nitriles is 1. The fourth-order valence-electron chi connectivity index (χ4n) is 2.57. The Morgan fingerprint density at radius 3 is 2.50 bits per heavy atom. The quantitative estimate of drug-likeness (QED) is 0.677. The first kappa shape index (κ1) is 16.4. The maximum atomic E-state index is 12.1. The molecule has 0 atom stereocenters. The van der Waals surface area contributed by atoms with Gasteiger partial charge in [0.05, 0.1) is 19.2 Å². The van der Waals surface area contributed by atoms with Crippen LogP contribution in [0.5, 0.6) is 0 Å². The number of nitrogens with two attached hydrogens (primary N) is 1. The molecule has 0 bridgehead atoms. The maximum Gasteiger partial charge on any atom is 0.235 e. The number of carbonyl (C=O) groups is 2. The molecule has 112 valence electrons. The maximum absolute atomic E-state index is 12.1. The number of unbranched alkanes of at least 4 members (excludes halogenated alkanes) is 1. The minimum Gasteiger partial charge on any atom is -0.369 e. The molecule has 6 heteroatoms. The number of hydrogen-bond donors (Lipinski definition) is 2. The smallest absolute Gasteiger partial charge is 0.235 e. The van der Waals surface area contributed by atoms with Gasteiger partial charge >= 0.3 is 0 Å². The average Bonchev–Trinajstić information content (AvgIpc) is 2.84. The lowest BCUT2D eigenvalue weighted by Gasteiger charge is -2.25. The van der Waals surface area contributed by atoms with Gasteiger partial charge < -0.3 is 11.1 Å². The van der Waals surface area contributed by atoms with E-state index < -0.39 is 11.4 Å². The van der Waals surface area contributed by atoms with Gasteiger partial charge in [-0.2, -0.15) is 5.26 Å². The first-order chi connectivity index (χ1) is 9.51. The van der Waals surface area contributed by atoms with Gasteiger partial charge in [-0.3, -0.25) is 14.5 Å². The molecule has 3 N–H and O–H groups in total. The van der Waals surface area contributed by atoms with Crippen LogP contribution in [-0.4, -0.2) is 41.9 Å². The van der Waals surface area contributed by atoms with E-state index in [-0.39, 0.29) is 19.0 Å². The van der Waals surface area contributed by atoms with E-state index in [4.69, 9.17) is 5.73 Å². The molecule has 1 aliphatic rings. The Kier molecular flexibility index (Phi) is 6.46. The third-order valence-electron chi connectivity index (χ3n) is 3.62. The van der Waals surface area contributed by atoms with Crippen molar-refractivity contribution in [2.75, 3.05) is 19.6 Å². The molecule has 0 aromatic heterocycles. The van der Waals surface area contributed by atoms with Crippen molar-refractivity contribution in [3.8, 4) is 6.07 Å². The molecule has 20 heavy (non-hydrogen) atoms. The van der Waals surface area contributed by atoms with E-state index >= 15 is 0 Å². The van der Waals surface area contributed by atoms with Crippen molar-refractivity contribution in [3.05, 3.63) is 0 Å². The Bertz CT molecular complexity index is 383. The van der Waals surface area contributed by atoms with E-state index in [0.29, 0.717) is 19.4 Å². The highest BCUT2D eigenvalue weighted by molar-refractivity contribution is 5.81. The zero-order chi connectivity index (χ0) is 15.0. The van der Waals surface area contributed by atoms with Crippen LogP contribution in [0.1, 0.15) is 45.4 Å². The molecule has 2 amide bonds. The molecule has 0 radical (unpaired) electrons. The van der Waals surface area contributed by atoms with Gasteiger partial charge in [0.25, 0.3) is 0 Å². The standard InChI is InChI=1S/C14H24N4O2/c1-2-3-8-18(9-12(16)19)10-13(20)17-14(11-15)6-4-5-7-14/h2-10H2,1H3,(H2,16,19)(H,17,20). The molecule has 0 aromatic carbocycles. The number of carbonyl (C=O) groups excluding carboxylic acids is 2. The van der Waals surface area contributed by atoms with Gasteiger partial charge in [0.15, 0.2) is 0 Å². The molecular weight excluding hydrogens is 256 g/mol. The highest BCUT2D eigenvalue weighted by atomic mass is 16.2. The predicted octanol–water partition coefficient (Wildman–Crippen LogP) is 0.526. The summed E-state index contributed by atoms with van der Waals surface area (Å²) in [5.74, 6) is -0.643. The molecule has 1 aliphatic carbocycles. The van der Waals surface area contributed by atoms with Crippen LogP contribution in [0.4, 0.5) is 0 Å². The third-order valence-corrected chi connectivity index (χ3v) is 3.62. The number of primary amides is 1. The number of nitrogens with zero attached hydrogens (tertiary/aromatic N) is 2. The van der Waals surface area contributed by atoms with Crippen molar-refractivity contribution in [2.45, 2.75) is 51.0 Å². The largest absolute Gasteiger partial charge is 0.369 e. The van der Waals surface area contributed by atoms with E-state index in [0.717, 1.165) is 25.7 Å². The molecule has 0 spiro atoms. The molecule has 0 aliphatic heterocycles. The molecule has 0 heterocycles. The second-order valence-electron chi connectivity index (χ2n) is 5.48. The zero-order valence-corrected chi connectivity index (χ0v) is 12.2. The number of amides is 2. The SMILES string of the molecule is CCCCN(CC(N)=O)CC(=O)NC1(C#N)CCCC1. The third kappa shape index (κ3) is 5.17. The fourth-order valence-corrected chi connectivity index (χ4v) is 2.57. The van der Waals surface area contributed by atoms with E-state index in [1.54, 1.807) is 4.90 Å². The Morgan fingerprint density at radius 1 is 1.35 bits per heavy atom. The molecular formula is C14H24N4O2. The van der Waals surface area contributed by atoms with Crippen molar-refractivity contribution in [2.24, 2.45) is 5.73 Å². The van der Waals surface area contributed by atoms with Crippen LogP contribution in [0, 0.1) is 11.3 Å². The summed E-state index contributed by atoms with van der Waals surface area (Å²) in [6.07, 6.45) is 5.24. The van der Waals surface area contributed by atoms with Crippen molar-refractivity contribution in [1.29, 1.82) is 5.26 Å². The summed E-state index contributed by atoms with van der Waals surface area (Å²) in [5.41, 5.74) is 4.48. The van der Waals surface area contributed by atoms with E-state index in [1.165, 1.54) is 0 Å². The van der Waals surface area contributed by atoms with Crippen LogP contribution in [-0.2, 0) is 9.59 Å². The molecule has 0 saturated heterocycles. The topological polar surface area (TPSA) is 99.2 Å². The second-order valence-corrected chi connectivity index (χ2v) is 5.48. The minimum atomic E-state index is -0.708. The fraction of sp³-hybridized carbons (Fsp3) is 0.786. The summed E-state index contributed by atoms with van der Waals surface area (Å²) in [6, 6.07) is 2.22. The summed E-state index contributed by atoms with van der Waals surface area (Å²) >= 11 is 0. The van der Waals surface area contributed by atoms with Gasteiger partial charge in [0.2, 0.25) is 11.8 Å². The monoisotopic (exact) mass is 280 g/mol. The summed E-state index contributed by atoms with van der Waals surface area (Å²) < 4.78 is 0. The normalized spacial score (nSPS) is 16.9. The van der Waals surface area contributed by atoms with Crippen LogP contribution < -0.4 is 11.1 Å². The molecule has 1 saturated carbocycles. The van der Waals surface area contributed by atoms with Crippen molar-refractivity contribution < 1.29 is 9.59 Å². The average molecular weight is 280 g/mol. The van der Waals surface area contributed by atoms with Gasteiger partial charge in [0, 0.05) is 0 Å². The summed E-state index contributed by atoms with van der Waals surface area (Å²) in [5, 5.41) is 12.1. The molecule has 1 rings (SSSR count). The van der Waals surface area contributed by atoms with Crippen LogP contribution in [0.3, 0.4) is 0 Å². The van der Waals surface area contributed by atoms with Crippen LogP contribution in [0.2, 0.25) is 0 Å². The van der Waals surface area contributed by atoms with Crippen molar-refractivity contribution in [1.82, 2.24) is 10.2 Å². The van der Waals surface area contributed by atoms with Crippen LogP contribution >= 0.6 is 0 Å². The van der Waals surface area contributed by atoms with Gasteiger partial charge in [-0.1, -0.05) is 13.3 Å². The highest BCUT2D eigenvalue weighted by Gasteiger charge is 2.35. The van der Waals surface area contributed by atoms with Gasteiger partial charge in [-0.15, -0.1) is 0 Å². The van der Waals surface area contributed by atoms with E-state index in [9.17, 15) is 14.9 Å². The Labute approximate surface area is 120 Å². The first-order valence-electron chi connectivity index (χ1n) is 7.24. The van der Waals surface area contributed by atoms with Gasteiger partial charge in [-0.05, 0) is 38.6 Å². The first-order valence-corrected chi connectivity index (χ1v) is 7.24. The Hall–Kier alpha value is -1.61.